The molecule has 2 aromatic heterocycles. The molecule has 0 bridgehead atoms. The van der Waals surface area contributed by atoms with E-state index in [4.69, 9.17) is 4.42 Å². The Morgan fingerprint density at radius 2 is 1.82 bits per heavy atom. The lowest BCUT2D eigenvalue weighted by Crippen LogP contribution is -2.47. The second kappa shape index (κ2) is 10.9. The van der Waals surface area contributed by atoms with Crippen LogP contribution in [-0.4, -0.2) is 38.1 Å². The van der Waals surface area contributed by atoms with E-state index in [0.29, 0.717) is 11.3 Å². The number of aromatic nitrogens is 4. The number of halogens is 2. The zero-order valence-electron chi connectivity index (χ0n) is 20.7. The number of rotatable bonds is 8. The Hall–Kier alpha value is -4.41. The number of carbonyl (C=O) groups is 2. The predicted molar refractivity (Wildman–Crippen MR) is 134 cm³/mol. The Morgan fingerprint density at radius 3 is 2.50 bits per heavy atom. The molecule has 2 amide bonds. The number of hydrogen-bond donors (Lipinski definition) is 1. The van der Waals surface area contributed by atoms with Gasteiger partial charge in [-0.15, -0.1) is 10.2 Å². The summed E-state index contributed by atoms with van der Waals surface area (Å²) < 4.78 is 34.2. The van der Waals surface area contributed by atoms with Gasteiger partial charge >= 0.3 is 0 Å². The molecule has 1 N–H and O–H groups in total. The van der Waals surface area contributed by atoms with Crippen molar-refractivity contribution in [1.82, 2.24) is 25.5 Å². The van der Waals surface area contributed by atoms with Crippen LogP contribution in [0.2, 0.25) is 0 Å². The van der Waals surface area contributed by atoms with Gasteiger partial charge in [-0.3, -0.25) is 14.5 Å². The van der Waals surface area contributed by atoms with Crippen molar-refractivity contribution in [3.8, 4) is 11.4 Å². The maximum absolute atomic E-state index is 15.1. The highest BCUT2D eigenvalue weighted by molar-refractivity contribution is 6.01. The SMILES string of the molecule is Cc1ccc([C@@H](C(=O)NC2CCCC2)N(C(=O)Cn2nnc(-c3ccc(F)cc3)n2)c2ccccc2F)o1. The van der Waals surface area contributed by atoms with Gasteiger partial charge in [-0.05, 0) is 73.5 Å². The lowest BCUT2D eigenvalue weighted by atomic mass is 10.1. The van der Waals surface area contributed by atoms with Gasteiger partial charge in [0.2, 0.25) is 5.82 Å². The summed E-state index contributed by atoms with van der Waals surface area (Å²) in [5.74, 6) is -1.28. The average molecular weight is 521 g/mol. The van der Waals surface area contributed by atoms with Crippen LogP contribution < -0.4 is 10.2 Å². The Bertz CT molecular complexity index is 1430. The second-order valence-electron chi connectivity index (χ2n) is 9.21. The smallest absolute Gasteiger partial charge is 0.251 e. The van der Waals surface area contributed by atoms with Gasteiger partial charge in [0.15, 0.2) is 6.04 Å². The minimum Gasteiger partial charge on any atom is -0.464 e. The molecule has 38 heavy (non-hydrogen) atoms. The fourth-order valence-corrected chi connectivity index (χ4v) is 4.61. The third kappa shape index (κ3) is 5.46. The molecule has 1 aliphatic rings. The van der Waals surface area contributed by atoms with Gasteiger partial charge in [-0.2, -0.15) is 4.80 Å². The molecule has 0 radical (unpaired) electrons. The molecule has 1 atom stereocenters. The van der Waals surface area contributed by atoms with Crippen molar-refractivity contribution in [1.29, 1.82) is 0 Å². The third-order valence-corrected chi connectivity index (χ3v) is 6.45. The monoisotopic (exact) mass is 520 g/mol. The van der Waals surface area contributed by atoms with Crippen molar-refractivity contribution in [2.45, 2.75) is 51.2 Å². The van der Waals surface area contributed by atoms with Gasteiger partial charge < -0.3 is 9.73 Å². The van der Waals surface area contributed by atoms with Crippen LogP contribution in [0.4, 0.5) is 14.5 Å². The highest BCUT2D eigenvalue weighted by Crippen LogP contribution is 2.32. The molecule has 1 fully saturated rings. The first-order chi connectivity index (χ1) is 18.4. The molecule has 11 heteroatoms. The summed E-state index contributed by atoms with van der Waals surface area (Å²) in [6.45, 7) is 1.29. The number of furan rings is 1. The number of hydrogen-bond acceptors (Lipinski definition) is 6. The van der Waals surface area contributed by atoms with Crippen LogP contribution >= 0.6 is 0 Å². The van der Waals surface area contributed by atoms with Gasteiger partial charge in [-0.25, -0.2) is 8.78 Å². The number of aryl methyl sites for hydroxylation is 1. The molecule has 2 aromatic carbocycles. The Morgan fingerprint density at radius 1 is 1.08 bits per heavy atom. The topological polar surface area (TPSA) is 106 Å². The van der Waals surface area contributed by atoms with Crippen LogP contribution in [0.15, 0.2) is 65.1 Å². The minimum atomic E-state index is -1.27. The summed E-state index contributed by atoms with van der Waals surface area (Å²) in [5.41, 5.74) is 0.424. The van der Waals surface area contributed by atoms with Crippen molar-refractivity contribution in [2.24, 2.45) is 0 Å². The second-order valence-corrected chi connectivity index (χ2v) is 9.21. The molecule has 1 aliphatic carbocycles. The Kier molecular flexibility index (Phi) is 7.25. The minimum absolute atomic E-state index is 0.0334. The van der Waals surface area contributed by atoms with Gasteiger partial charge in [0.25, 0.3) is 11.8 Å². The van der Waals surface area contributed by atoms with E-state index >= 15 is 4.39 Å². The van der Waals surface area contributed by atoms with Crippen molar-refractivity contribution < 1.29 is 22.8 Å². The van der Waals surface area contributed by atoms with E-state index in [1.165, 1.54) is 42.5 Å². The number of tetrazole rings is 1. The number of carbonyl (C=O) groups excluding carboxylic acids is 2. The number of nitrogens with one attached hydrogen (secondary N) is 1. The van der Waals surface area contributed by atoms with Crippen molar-refractivity contribution >= 4 is 17.5 Å². The molecule has 9 nitrogen and oxygen atoms in total. The molecule has 0 saturated heterocycles. The summed E-state index contributed by atoms with van der Waals surface area (Å²) >= 11 is 0. The number of nitrogens with zero attached hydrogens (tertiary/aromatic N) is 5. The fourth-order valence-electron chi connectivity index (χ4n) is 4.61. The van der Waals surface area contributed by atoms with E-state index in [1.807, 2.05) is 0 Å². The average Bonchev–Trinajstić information content (AvgIpc) is 3.67. The quantitative estimate of drug-likeness (QED) is 0.370. The lowest BCUT2D eigenvalue weighted by molar-refractivity contribution is -0.128. The maximum atomic E-state index is 15.1. The Balaban J connectivity index is 1.49. The van der Waals surface area contributed by atoms with Crippen molar-refractivity contribution in [3.63, 3.8) is 0 Å². The fraction of sp³-hybridized carbons (Fsp3) is 0.296. The maximum Gasteiger partial charge on any atom is 0.251 e. The molecule has 0 aliphatic heterocycles. The predicted octanol–water partition coefficient (Wildman–Crippen LogP) is 4.35. The summed E-state index contributed by atoms with van der Waals surface area (Å²) in [4.78, 5) is 29.6. The standard InChI is InChI=1S/C27H26F2N6O3/c1-17-10-15-23(38-17)25(27(37)30-20-6-2-3-7-20)35(22-9-5-4-8-21(22)29)24(36)16-34-32-26(31-33-34)18-11-13-19(28)14-12-18/h4-5,8-15,20,25H,2-3,6-7,16H2,1H3,(H,30,37)/t25-/m0/s1. The van der Waals surface area contributed by atoms with Gasteiger partial charge in [0.1, 0.15) is 29.7 Å². The lowest BCUT2D eigenvalue weighted by Gasteiger charge is -2.30. The van der Waals surface area contributed by atoms with E-state index in [2.05, 4.69) is 20.7 Å². The molecule has 5 rings (SSSR count). The van der Waals surface area contributed by atoms with Gasteiger partial charge in [0.05, 0.1) is 5.69 Å². The number of amides is 2. The van der Waals surface area contributed by atoms with Crippen molar-refractivity contribution in [2.75, 3.05) is 4.90 Å². The molecule has 0 unspecified atom stereocenters. The molecule has 4 aromatic rings. The van der Waals surface area contributed by atoms with Gasteiger partial charge in [0, 0.05) is 11.6 Å². The summed E-state index contributed by atoms with van der Waals surface area (Å²) in [6.07, 6.45) is 3.66. The highest BCUT2D eigenvalue weighted by Gasteiger charge is 2.37. The van der Waals surface area contributed by atoms with Crippen LogP contribution in [0.25, 0.3) is 11.4 Å². The Labute approximate surface area is 217 Å². The zero-order chi connectivity index (χ0) is 26.6. The number of benzene rings is 2. The van der Waals surface area contributed by atoms with E-state index in [9.17, 15) is 14.0 Å². The number of anilines is 1. The van der Waals surface area contributed by atoms with E-state index in [1.54, 1.807) is 25.1 Å². The first kappa shape index (κ1) is 25.2. The highest BCUT2D eigenvalue weighted by atomic mass is 19.1. The molecular weight excluding hydrogens is 494 g/mol. The van der Waals surface area contributed by atoms with E-state index < -0.39 is 36.0 Å². The molecule has 2 heterocycles. The first-order valence-corrected chi connectivity index (χ1v) is 12.4. The van der Waals surface area contributed by atoms with Crippen LogP contribution in [0.1, 0.15) is 43.2 Å². The molecule has 0 spiro atoms. The summed E-state index contributed by atoms with van der Waals surface area (Å²) in [7, 11) is 0. The van der Waals surface area contributed by atoms with E-state index in [0.717, 1.165) is 35.4 Å². The summed E-state index contributed by atoms with van der Waals surface area (Å²) in [5, 5.41) is 15.1. The number of para-hydroxylation sites is 1. The first-order valence-electron chi connectivity index (χ1n) is 12.4. The normalized spacial score (nSPS) is 14.4. The van der Waals surface area contributed by atoms with Crippen LogP contribution in [0.5, 0.6) is 0 Å². The molecule has 196 valence electrons. The third-order valence-electron chi connectivity index (χ3n) is 6.45. The molecule has 1 saturated carbocycles. The van der Waals surface area contributed by atoms with Crippen LogP contribution in [-0.2, 0) is 16.1 Å². The summed E-state index contributed by atoms with van der Waals surface area (Å²) in [6, 6.07) is 13.2. The van der Waals surface area contributed by atoms with Crippen LogP contribution in [0, 0.1) is 18.6 Å². The van der Waals surface area contributed by atoms with Crippen molar-refractivity contribution in [3.05, 3.63) is 83.8 Å². The largest absolute Gasteiger partial charge is 0.464 e. The van der Waals surface area contributed by atoms with Gasteiger partial charge in [-0.1, -0.05) is 25.0 Å². The zero-order valence-corrected chi connectivity index (χ0v) is 20.7. The van der Waals surface area contributed by atoms with E-state index in [-0.39, 0.29) is 23.3 Å². The van der Waals surface area contributed by atoms with Crippen LogP contribution in [0.3, 0.4) is 0 Å². The molecular formula is C27H26F2N6O3.